The third kappa shape index (κ3) is 7.31. The van der Waals surface area contributed by atoms with Crippen LogP contribution in [-0.2, 0) is 22.4 Å². The van der Waals surface area contributed by atoms with E-state index in [2.05, 4.69) is 53.1 Å². The molecule has 0 bridgehead atoms. The average molecular weight is 756 g/mol. The van der Waals surface area contributed by atoms with Crippen LogP contribution in [0.15, 0.2) is 143 Å². The maximum atomic E-state index is 14.3. The van der Waals surface area contributed by atoms with Gasteiger partial charge in [-0.2, -0.15) is 0 Å². The molecule has 3 amide bonds. The van der Waals surface area contributed by atoms with Gasteiger partial charge in [0.15, 0.2) is 0 Å². The van der Waals surface area contributed by atoms with Crippen molar-refractivity contribution in [2.45, 2.75) is 51.5 Å². The first-order valence-corrected chi connectivity index (χ1v) is 20.2. The number of amides is 3. The van der Waals surface area contributed by atoms with Gasteiger partial charge in [-0.15, -0.1) is 34.9 Å². The van der Waals surface area contributed by atoms with E-state index >= 15 is 0 Å². The van der Waals surface area contributed by atoms with Gasteiger partial charge in [0.1, 0.15) is 10.3 Å². The number of anilines is 3. The summed E-state index contributed by atoms with van der Waals surface area (Å²) in [6.07, 6.45) is 10.7. The van der Waals surface area contributed by atoms with Crippen LogP contribution in [0.2, 0.25) is 0 Å². The molecule has 1 aromatic heterocycles. The van der Waals surface area contributed by atoms with Gasteiger partial charge in [0, 0.05) is 20.4 Å². The summed E-state index contributed by atoms with van der Waals surface area (Å²) in [4.78, 5) is 46.3. The summed E-state index contributed by atoms with van der Waals surface area (Å²) >= 11 is 4.63. The van der Waals surface area contributed by atoms with Crippen molar-refractivity contribution in [2.75, 3.05) is 22.6 Å². The highest BCUT2D eigenvalue weighted by molar-refractivity contribution is 8.00. The third-order valence-electron chi connectivity index (χ3n) is 9.80. The van der Waals surface area contributed by atoms with E-state index in [-0.39, 0.29) is 23.2 Å². The van der Waals surface area contributed by atoms with Crippen LogP contribution in [0, 0.1) is 0 Å². The van der Waals surface area contributed by atoms with E-state index in [4.69, 9.17) is 4.74 Å². The first kappa shape index (κ1) is 35.0. The van der Waals surface area contributed by atoms with E-state index in [0.717, 1.165) is 50.7 Å². The number of thiophene rings is 1. The minimum Gasteiger partial charge on any atom is -0.465 e. The average Bonchev–Trinajstić information content (AvgIpc) is 3.56. The number of rotatable bonds is 8. The SMILES string of the molecule is COC(=O)c1c(NC(=O)C(Sc2cccc(NC(=O)N3c4ccccc4SC4C=CC=CC43)c2)c2ccccc2)sc2c1CCC(c1ccccc1)C2. The summed E-state index contributed by atoms with van der Waals surface area (Å²) in [5.41, 5.74) is 5.03. The largest absolute Gasteiger partial charge is 0.465 e. The molecule has 2 heterocycles. The summed E-state index contributed by atoms with van der Waals surface area (Å²) in [5, 5.41) is 6.28. The molecule has 8 rings (SSSR count). The van der Waals surface area contributed by atoms with E-state index in [1.165, 1.54) is 35.8 Å². The molecule has 7 nitrogen and oxygen atoms in total. The molecule has 266 valence electrons. The molecule has 0 fully saturated rings. The number of ether oxygens (including phenoxy) is 1. The van der Waals surface area contributed by atoms with Gasteiger partial charge in [-0.05, 0) is 72.2 Å². The summed E-state index contributed by atoms with van der Waals surface area (Å²) in [7, 11) is 1.38. The Kier molecular flexibility index (Phi) is 10.3. The maximum absolute atomic E-state index is 14.3. The van der Waals surface area contributed by atoms with Crippen LogP contribution >= 0.6 is 34.9 Å². The lowest BCUT2D eigenvalue weighted by Crippen LogP contribution is -2.49. The number of benzene rings is 4. The first-order chi connectivity index (χ1) is 26.0. The lowest BCUT2D eigenvalue weighted by Gasteiger charge is -2.40. The number of methoxy groups -OCH3 is 1. The zero-order valence-electron chi connectivity index (χ0n) is 28.9. The van der Waals surface area contributed by atoms with Crippen molar-refractivity contribution in [2.24, 2.45) is 0 Å². The molecule has 4 aromatic carbocycles. The van der Waals surface area contributed by atoms with Gasteiger partial charge in [-0.1, -0.05) is 103 Å². The number of nitrogens with zero attached hydrogens (tertiary/aromatic N) is 1. The molecule has 0 spiro atoms. The van der Waals surface area contributed by atoms with Crippen molar-refractivity contribution < 1.29 is 19.1 Å². The van der Waals surface area contributed by atoms with Crippen molar-refractivity contribution in [3.8, 4) is 0 Å². The fourth-order valence-electron chi connectivity index (χ4n) is 7.27. The second-order valence-corrected chi connectivity index (χ2v) is 16.6. The van der Waals surface area contributed by atoms with Crippen LogP contribution in [0.3, 0.4) is 0 Å². The zero-order valence-corrected chi connectivity index (χ0v) is 31.4. The maximum Gasteiger partial charge on any atom is 0.341 e. The summed E-state index contributed by atoms with van der Waals surface area (Å²) in [6.45, 7) is 0. The Labute approximate surface area is 321 Å². The van der Waals surface area contributed by atoms with Crippen molar-refractivity contribution >= 4 is 69.1 Å². The Bertz CT molecular complexity index is 2220. The topological polar surface area (TPSA) is 87.7 Å². The standard InChI is InChI=1S/C43H37N3O4S3/c1-50-42(48)38-32-24-23-29(27-13-4-2-5-14-27)25-37(32)53-41(38)45-40(47)39(28-15-6-3-7-16-28)51-31-18-12-17-30(26-31)44-43(49)46-33-19-8-10-21-35(33)52-36-22-11-9-20-34(36)46/h2-22,26,29,33,35,39H,23-25H2,1H3,(H,44,49)(H,45,47). The normalized spacial score (nSPS) is 19.0. The van der Waals surface area contributed by atoms with Crippen molar-refractivity contribution in [3.05, 3.63) is 161 Å². The Hall–Kier alpha value is -5.03. The molecule has 2 N–H and O–H groups in total. The zero-order chi connectivity index (χ0) is 36.3. The van der Waals surface area contributed by atoms with Gasteiger partial charge < -0.3 is 15.4 Å². The van der Waals surface area contributed by atoms with Crippen molar-refractivity contribution in [3.63, 3.8) is 0 Å². The van der Waals surface area contributed by atoms with Crippen LogP contribution in [0.1, 0.15) is 49.5 Å². The monoisotopic (exact) mass is 755 g/mol. The summed E-state index contributed by atoms with van der Waals surface area (Å²) in [6, 6.07) is 35.3. The fourth-order valence-corrected chi connectivity index (χ4v) is 10.9. The van der Waals surface area contributed by atoms with E-state index in [1.54, 1.807) is 11.8 Å². The molecule has 5 aromatic rings. The van der Waals surface area contributed by atoms with Crippen molar-refractivity contribution in [1.29, 1.82) is 0 Å². The molecular formula is C43H37N3O4S3. The smallest absolute Gasteiger partial charge is 0.341 e. The highest BCUT2D eigenvalue weighted by Gasteiger charge is 2.37. The number of esters is 1. The number of nitrogens with one attached hydrogen (secondary N) is 2. The predicted molar refractivity (Wildman–Crippen MR) is 217 cm³/mol. The van der Waals surface area contributed by atoms with Crippen LogP contribution in [0.5, 0.6) is 0 Å². The number of urea groups is 1. The molecule has 2 aliphatic carbocycles. The number of allylic oxidation sites excluding steroid dienone is 2. The highest BCUT2D eigenvalue weighted by Crippen LogP contribution is 2.46. The number of carbonyl (C=O) groups excluding carboxylic acids is 3. The number of hydrogen-bond acceptors (Lipinski definition) is 7. The molecule has 4 atom stereocenters. The van der Waals surface area contributed by atoms with E-state index in [1.807, 2.05) is 95.9 Å². The molecule has 53 heavy (non-hydrogen) atoms. The van der Waals surface area contributed by atoms with Crippen LogP contribution in [-0.4, -0.2) is 36.3 Å². The second-order valence-electron chi connectivity index (χ2n) is 13.1. The Morgan fingerprint density at radius 1 is 0.868 bits per heavy atom. The van der Waals surface area contributed by atoms with Crippen LogP contribution < -0.4 is 15.5 Å². The quantitative estimate of drug-likeness (QED) is 0.121. The van der Waals surface area contributed by atoms with Gasteiger partial charge in [0.05, 0.1) is 29.7 Å². The second kappa shape index (κ2) is 15.5. The number of carbonyl (C=O) groups is 3. The van der Waals surface area contributed by atoms with E-state index in [9.17, 15) is 14.4 Å². The van der Waals surface area contributed by atoms with Gasteiger partial charge in [0.2, 0.25) is 5.91 Å². The van der Waals surface area contributed by atoms with E-state index in [0.29, 0.717) is 22.2 Å². The van der Waals surface area contributed by atoms with E-state index < -0.39 is 11.2 Å². The molecule has 0 saturated heterocycles. The number of para-hydroxylation sites is 1. The van der Waals surface area contributed by atoms with Gasteiger partial charge in [-0.3, -0.25) is 9.69 Å². The highest BCUT2D eigenvalue weighted by atomic mass is 32.2. The minimum absolute atomic E-state index is 0.117. The van der Waals surface area contributed by atoms with Crippen LogP contribution in [0.4, 0.5) is 21.2 Å². The Morgan fingerprint density at radius 3 is 2.43 bits per heavy atom. The number of hydrogen-bond donors (Lipinski definition) is 2. The lowest BCUT2D eigenvalue weighted by atomic mass is 9.83. The van der Waals surface area contributed by atoms with Gasteiger partial charge >= 0.3 is 12.0 Å². The molecule has 0 saturated carbocycles. The van der Waals surface area contributed by atoms with Crippen molar-refractivity contribution in [1.82, 2.24) is 0 Å². The molecule has 4 unspecified atom stereocenters. The minimum atomic E-state index is -0.644. The fraction of sp³-hybridized carbons (Fsp3) is 0.186. The molecule has 10 heteroatoms. The van der Waals surface area contributed by atoms with Gasteiger partial charge in [0.25, 0.3) is 0 Å². The molecule has 3 aliphatic rings. The number of thioether (sulfide) groups is 2. The molecular weight excluding hydrogens is 719 g/mol. The third-order valence-corrected chi connectivity index (χ3v) is 13.5. The molecule has 0 radical (unpaired) electrons. The Morgan fingerprint density at radius 2 is 1.62 bits per heavy atom. The summed E-state index contributed by atoms with van der Waals surface area (Å²) in [5.74, 6) is -0.341. The Balaban J connectivity index is 1.04. The van der Waals surface area contributed by atoms with Crippen LogP contribution in [0.25, 0.3) is 0 Å². The summed E-state index contributed by atoms with van der Waals surface area (Å²) < 4.78 is 5.24. The van der Waals surface area contributed by atoms with Gasteiger partial charge in [-0.25, -0.2) is 9.59 Å². The number of fused-ring (bicyclic) bond motifs is 3. The lowest BCUT2D eigenvalue weighted by molar-refractivity contribution is -0.115. The molecule has 1 aliphatic heterocycles. The predicted octanol–water partition coefficient (Wildman–Crippen LogP) is 10.3. The first-order valence-electron chi connectivity index (χ1n) is 17.6.